The van der Waals surface area contributed by atoms with Crippen LogP contribution in [0.3, 0.4) is 0 Å². The van der Waals surface area contributed by atoms with Crippen LogP contribution in [0.15, 0.2) is 34.9 Å². The standard InChI is InChI=1S/C20H22ClN5O3/c1-12-10-13(2)25-16(24-12)11-23-20(27)17-18(14-4-6-15(21)7-5-14)29-26-19(17)22-8-9-28-3/h4-7,10H,8-9,11H2,1-3H3,(H,22,26)(H,23,27). The molecule has 2 N–H and O–H groups in total. The molecule has 0 bridgehead atoms. The highest BCUT2D eigenvalue weighted by atomic mass is 35.5. The second-order valence-corrected chi connectivity index (χ2v) is 6.85. The van der Waals surface area contributed by atoms with Gasteiger partial charge in [-0.2, -0.15) is 0 Å². The maximum Gasteiger partial charge on any atom is 0.259 e. The Labute approximate surface area is 173 Å². The number of ether oxygens (including phenoxy) is 1. The Morgan fingerprint density at radius 2 is 1.86 bits per heavy atom. The van der Waals surface area contributed by atoms with Crippen molar-refractivity contribution in [1.82, 2.24) is 20.4 Å². The van der Waals surface area contributed by atoms with E-state index < -0.39 is 0 Å². The first-order valence-electron chi connectivity index (χ1n) is 9.05. The van der Waals surface area contributed by atoms with Crippen LogP contribution in [-0.2, 0) is 11.3 Å². The van der Waals surface area contributed by atoms with E-state index in [9.17, 15) is 4.79 Å². The number of hydrogen-bond donors (Lipinski definition) is 2. The van der Waals surface area contributed by atoms with Gasteiger partial charge in [-0.3, -0.25) is 4.79 Å². The molecule has 0 fully saturated rings. The molecule has 3 aromatic rings. The molecule has 0 saturated heterocycles. The van der Waals surface area contributed by atoms with E-state index in [1.807, 2.05) is 19.9 Å². The maximum absolute atomic E-state index is 13.0. The number of amides is 1. The number of rotatable bonds is 8. The van der Waals surface area contributed by atoms with Gasteiger partial charge < -0.3 is 19.9 Å². The quantitative estimate of drug-likeness (QED) is 0.543. The molecule has 0 atom stereocenters. The summed E-state index contributed by atoms with van der Waals surface area (Å²) in [6.07, 6.45) is 0. The van der Waals surface area contributed by atoms with Crippen molar-refractivity contribution in [3.05, 3.63) is 58.1 Å². The average molecular weight is 416 g/mol. The topological polar surface area (TPSA) is 102 Å². The molecule has 0 spiro atoms. The summed E-state index contributed by atoms with van der Waals surface area (Å²) in [4.78, 5) is 21.7. The van der Waals surface area contributed by atoms with Crippen molar-refractivity contribution in [1.29, 1.82) is 0 Å². The average Bonchev–Trinajstić information content (AvgIpc) is 3.10. The fourth-order valence-electron chi connectivity index (χ4n) is 2.82. The number of anilines is 1. The molecule has 2 heterocycles. The molecule has 0 radical (unpaired) electrons. The lowest BCUT2D eigenvalue weighted by Crippen LogP contribution is -2.25. The minimum atomic E-state index is -0.348. The van der Waals surface area contributed by atoms with E-state index in [1.54, 1.807) is 31.4 Å². The number of aromatic nitrogens is 3. The first kappa shape index (κ1) is 20.8. The summed E-state index contributed by atoms with van der Waals surface area (Å²) in [7, 11) is 1.60. The highest BCUT2D eigenvalue weighted by Crippen LogP contribution is 2.30. The van der Waals surface area contributed by atoms with Crippen molar-refractivity contribution >= 4 is 23.3 Å². The first-order chi connectivity index (χ1) is 14.0. The number of carbonyl (C=O) groups excluding carboxylic acids is 1. The first-order valence-corrected chi connectivity index (χ1v) is 9.43. The summed E-state index contributed by atoms with van der Waals surface area (Å²) < 4.78 is 10.5. The van der Waals surface area contributed by atoms with Gasteiger partial charge in [0.25, 0.3) is 5.91 Å². The number of nitrogens with zero attached hydrogens (tertiary/aromatic N) is 3. The van der Waals surface area contributed by atoms with Gasteiger partial charge in [0.15, 0.2) is 11.6 Å². The van der Waals surface area contributed by atoms with E-state index in [1.165, 1.54) is 0 Å². The van der Waals surface area contributed by atoms with Crippen LogP contribution in [0.25, 0.3) is 11.3 Å². The predicted octanol–water partition coefficient (Wildman–Crippen LogP) is 3.39. The summed E-state index contributed by atoms with van der Waals surface area (Å²) in [6.45, 7) is 4.89. The SMILES string of the molecule is COCCNc1noc(-c2ccc(Cl)cc2)c1C(=O)NCc1nc(C)cc(C)n1. The lowest BCUT2D eigenvalue weighted by atomic mass is 10.1. The van der Waals surface area contributed by atoms with E-state index in [0.717, 1.165) is 11.4 Å². The van der Waals surface area contributed by atoms with Crippen LogP contribution in [0.1, 0.15) is 27.6 Å². The van der Waals surface area contributed by atoms with Gasteiger partial charge in [0.1, 0.15) is 11.4 Å². The van der Waals surface area contributed by atoms with Crippen LogP contribution in [0.5, 0.6) is 0 Å². The molecule has 29 heavy (non-hydrogen) atoms. The number of aryl methyl sites for hydroxylation is 2. The van der Waals surface area contributed by atoms with Gasteiger partial charge >= 0.3 is 0 Å². The summed E-state index contributed by atoms with van der Waals surface area (Å²) in [5, 5.41) is 10.5. The molecule has 0 aliphatic carbocycles. The molecule has 0 aliphatic rings. The van der Waals surface area contributed by atoms with Crippen LogP contribution < -0.4 is 10.6 Å². The van der Waals surface area contributed by atoms with Crippen molar-refractivity contribution in [2.24, 2.45) is 0 Å². The molecule has 2 aromatic heterocycles. The fraction of sp³-hybridized carbons (Fsp3) is 0.300. The second kappa shape index (κ2) is 9.49. The monoisotopic (exact) mass is 415 g/mol. The summed E-state index contributed by atoms with van der Waals surface area (Å²) in [5.41, 5.74) is 2.67. The molecule has 9 heteroatoms. The highest BCUT2D eigenvalue weighted by molar-refractivity contribution is 6.30. The lowest BCUT2D eigenvalue weighted by molar-refractivity contribution is 0.0950. The predicted molar refractivity (Wildman–Crippen MR) is 110 cm³/mol. The Kier molecular flexibility index (Phi) is 6.79. The number of halogens is 1. The minimum Gasteiger partial charge on any atom is -0.383 e. The number of hydrogen-bond acceptors (Lipinski definition) is 7. The molecular formula is C20H22ClN5O3. The van der Waals surface area contributed by atoms with Gasteiger partial charge in [-0.15, -0.1) is 0 Å². The summed E-state index contributed by atoms with van der Waals surface area (Å²) >= 11 is 5.97. The Balaban J connectivity index is 1.86. The van der Waals surface area contributed by atoms with E-state index in [-0.39, 0.29) is 12.5 Å². The molecule has 1 amide bonds. The third-order valence-corrected chi connectivity index (χ3v) is 4.31. The van der Waals surface area contributed by atoms with E-state index in [4.69, 9.17) is 20.9 Å². The Hall–Kier alpha value is -2.97. The van der Waals surface area contributed by atoms with E-state index in [2.05, 4.69) is 25.8 Å². The van der Waals surface area contributed by atoms with Gasteiger partial charge in [-0.1, -0.05) is 16.8 Å². The van der Waals surface area contributed by atoms with Crippen LogP contribution in [-0.4, -0.2) is 41.3 Å². The maximum atomic E-state index is 13.0. The van der Waals surface area contributed by atoms with Gasteiger partial charge in [0.2, 0.25) is 0 Å². The number of benzene rings is 1. The van der Waals surface area contributed by atoms with Gasteiger partial charge in [0, 0.05) is 35.6 Å². The van der Waals surface area contributed by atoms with E-state index >= 15 is 0 Å². The molecule has 3 rings (SSSR count). The van der Waals surface area contributed by atoms with Crippen molar-refractivity contribution in [3.8, 4) is 11.3 Å². The molecule has 0 aliphatic heterocycles. The molecule has 1 aromatic carbocycles. The summed E-state index contributed by atoms with van der Waals surface area (Å²) in [6, 6.07) is 8.87. The fourth-order valence-corrected chi connectivity index (χ4v) is 2.94. The number of nitrogens with one attached hydrogen (secondary N) is 2. The normalized spacial score (nSPS) is 10.8. The zero-order valence-corrected chi connectivity index (χ0v) is 17.2. The Morgan fingerprint density at radius 1 is 1.17 bits per heavy atom. The zero-order chi connectivity index (χ0) is 20.8. The molecule has 8 nitrogen and oxygen atoms in total. The highest BCUT2D eigenvalue weighted by Gasteiger charge is 2.24. The van der Waals surface area contributed by atoms with Crippen LogP contribution in [0.2, 0.25) is 5.02 Å². The second-order valence-electron chi connectivity index (χ2n) is 6.41. The Bertz CT molecular complexity index is 968. The molecule has 152 valence electrons. The Morgan fingerprint density at radius 3 is 2.52 bits per heavy atom. The van der Waals surface area contributed by atoms with Crippen LogP contribution in [0, 0.1) is 13.8 Å². The number of carbonyl (C=O) groups is 1. The largest absolute Gasteiger partial charge is 0.383 e. The van der Waals surface area contributed by atoms with Crippen LogP contribution in [0.4, 0.5) is 5.82 Å². The zero-order valence-electron chi connectivity index (χ0n) is 16.5. The van der Waals surface area contributed by atoms with Crippen molar-refractivity contribution in [3.63, 3.8) is 0 Å². The third-order valence-electron chi connectivity index (χ3n) is 4.06. The summed E-state index contributed by atoms with van der Waals surface area (Å²) in [5.74, 6) is 0.874. The van der Waals surface area contributed by atoms with Crippen molar-refractivity contribution < 1.29 is 14.1 Å². The van der Waals surface area contributed by atoms with Crippen molar-refractivity contribution in [2.75, 3.05) is 25.6 Å². The van der Waals surface area contributed by atoms with Gasteiger partial charge in [0.05, 0.1) is 13.2 Å². The minimum absolute atomic E-state index is 0.185. The van der Waals surface area contributed by atoms with E-state index in [0.29, 0.717) is 46.7 Å². The number of methoxy groups -OCH3 is 1. The third kappa shape index (κ3) is 5.30. The molecule has 0 saturated carbocycles. The lowest BCUT2D eigenvalue weighted by Gasteiger charge is -2.08. The van der Waals surface area contributed by atoms with Gasteiger partial charge in [-0.05, 0) is 44.2 Å². The van der Waals surface area contributed by atoms with Crippen LogP contribution >= 0.6 is 11.6 Å². The van der Waals surface area contributed by atoms with Crippen molar-refractivity contribution in [2.45, 2.75) is 20.4 Å². The van der Waals surface area contributed by atoms with Gasteiger partial charge in [-0.25, -0.2) is 9.97 Å². The smallest absolute Gasteiger partial charge is 0.259 e. The molecule has 0 unspecified atom stereocenters. The molecular weight excluding hydrogens is 394 g/mol.